The summed E-state index contributed by atoms with van der Waals surface area (Å²) in [7, 11) is 1.76. The molecule has 19 heavy (non-hydrogen) atoms. The van der Waals surface area contributed by atoms with Crippen molar-refractivity contribution in [3.8, 4) is 0 Å². The summed E-state index contributed by atoms with van der Waals surface area (Å²) in [6.07, 6.45) is 0.737. The van der Waals surface area contributed by atoms with E-state index >= 15 is 0 Å². The molecule has 0 amide bonds. The van der Waals surface area contributed by atoms with Crippen molar-refractivity contribution in [2.45, 2.75) is 25.0 Å². The zero-order valence-electron chi connectivity index (χ0n) is 11.8. The summed E-state index contributed by atoms with van der Waals surface area (Å²) in [5.74, 6) is 0. The van der Waals surface area contributed by atoms with Crippen LogP contribution in [0.1, 0.15) is 17.7 Å². The number of aliphatic hydroxyl groups excluding tert-OH is 1. The normalized spacial score (nSPS) is 12.6. The molecule has 0 bridgehead atoms. The zero-order valence-corrected chi connectivity index (χ0v) is 12.7. The molecule has 110 valence electrons. The number of rotatable bonds is 7. The largest absolute Gasteiger partial charge is 0.392 e. The SMILES string of the molecule is Cc1[nH]nc(S(=O)(=O)N(C)CCCN(C)C)c1CO. The molecule has 1 aromatic heterocycles. The van der Waals surface area contributed by atoms with E-state index in [1.165, 1.54) is 11.4 Å². The zero-order chi connectivity index (χ0) is 14.6. The minimum Gasteiger partial charge on any atom is -0.392 e. The summed E-state index contributed by atoms with van der Waals surface area (Å²) in [5.41, 5.74) is 0.905. The van der Waals surface area contributed by atoms with Gasteiger partial charge in [-0.25, -0.2) is 8.42 Å². The van der Waals surface area contributed by atoms with E-state index in [9.17, 15) is 13.5 Å². The molecule has 0 spiro atoms. The number of aromatic nitrogens is 2. The highest BCUT2D eigenvalue weighted by Crippen LogP contribution is 2.19. The second-order valence-electron chi connectivity index (χ2n) is 4.77. The molecule has 1 heterocycles. The Labute approximate surface area is 114 Å². The molecule has 7 nitrogen and oxygen atoms in total. The van der Waals surface area contributed by atoms with Gasteiger partial charge in [0.15, 0.2) is 5.03 Å². The molecule has 0 aliphatic heterocycles. The maximum Gasteiger partial charge on any atom is 0.262 e. The molecule has 1 aromatic rings. The van der Waals surface area contributed by atoms with Crippen LogP contribution in [-0.4, -0.2) is 67.2 Å². The lowest BCUT2D eigenvalue weighted by atomic mass is 10.3. The number of nitrogens with one attached hydrogen (secondary N) is 1. The maximum absolute atomic E-state index is 12.3. The second kappa shape index (κ2) is 6.47. The number of aromatic amines is 1. The Morgan fingerprint density at radius 3 is 2.42 bits per heavy atom. The van der Waals surface area contributed by atoms with Crippen LogP contribution in [0.4, 0.5) is 0 Å². The molecule has 0 fully saturated rings. The minimum atomic E-state index is -3.65. The van der Waals surface area contributed by atoms with Crippen molar-refractivity contribution in [1.82, 2.24) is 19.4 Å². The third-order valence-corrected chi connectivity index (χ3v) is 4.76. The molecule has 0 radical (unpaired) electrons. The molecule has 1 rings (SSSR count). The second-order valence-corrected chi connectivity index (χ2v) is 6.73. The number of hydrogen-bond donors (Lipinski definition) is 2. The number of sulfonamides is 1. The first-order chi connectivity index (χ1) is 8.80. The van der Waals surface area contributed by atoms with Gasteiger partial charge in [0.25, 0.3) is 10.0 Å². The number of aliphatic hydroxyl groups is 1. The van der Waals surface area contributed by atoms with E-state index in [-0.39, 0.29) is 11.6 Å². The van der Waals surface area contributed by atoms with Crippen LogP contribution in [0.25, 0.3) is 0 Å². The van der Waals surface area contributed by atoms with Gasteiger partial charge in [0.2, 0.25) is 0 Å². The van der Waals surface area contributed by atoms with Crippen LogP contribution in [0.2, 0.25) is 0 Å². The number of hydrogen-bond acceptors (Lipinski definition) is 5. The third kappa shape index (κ3) is 3.75. The van der Waals surface area contributed by atoms with Gasteiger partial charge in [0.1, 0.15) is 0 Å². The van der Waals surface area contributed by atoms with Gasteiger partial charge in [-0.1, -0.05) is 0 Å². The molecule has 8 heteroatoms. The Morgan fingerprint density at radius 1 is 1.26 bits per heavy atom. The van der Waals surface area contributed by atoms with Gasteiger partial charge < -0.3 is 10.0 Å². The number of aryl methyl sites for hydroxylation is 1. The van der Waals surface area contributed by atoms with Crippen LogP contribution in [0, 0.1) is 6.92 Å². The van der Waals surface area contributed by atoms with Crippen LogP contribution in [0.3, 0.4) is 0 Å². The number of nitrogens with zero attached hydrogens (tertiary/aromatic N) is 3. The van der Waals surface area contributed by atoms with Crippen LogP contribution >= 0.6 is 0 Å². The van der Waals surface area contributed by atoms with E-state index in [0.717, 1.165) is 13.0 Å². The van der Waals surface area contributed by atoms with Crippen molar-refractivity contribution in [3.63, 3.8) is 0 Å². The van der Waals surface area contributed by atoms with Crippen molar-refractivity contribution in [3.05, 3.63) is 11.3 Å². The number of H-pyrrole nitrogens is 1. The topological polar surface area (TPSA) is 89.5 Å². The summed E-state index contributed by atoms with van der Waals surface area (Å²) < 4.78 is 25.9. The molecule has 0 aliphatic rings. The lowest BCUT2D eigenvalue weighted by Crippen LogP contribution is -2.30. The van der Waals surface area contributed by atoms with Crippen molar-refractivity contribution < 1.29 is 13.5 Å². The summed E-state index contributed by atoms with van der Waals surface area (Å²) in [6.45, 7) is 2.57. The van der Waals surface area contributed by atoms with E-state index in [4.69, 9.17) is 0 Å². The Balaban J connectivity index is 2.85. The average molecular weight is 290 g/mol. The molecule has 0 aromatic carbocycles. The van der Waals surface area contributed by atoms with Crippen molar-refractivity contribution in [1.29, 1.82) is 0 Å². The van der Waals surface area contributed by atoms with Gasteiger partial charge in [-0.3, -0.25) is 5.10 Å². The van der Waals surface area contributed by atoms with Gasteiger partial charge in [-0.05, 0) is 34.0 Å². The van der Waals surface area contributed by atoms with Crippen LogP contribution in [0.5, 0.6) is 0 Å². The average Bonchev–Trinajstić information content (AvgIpc) is 2.70. The third-order valence-electron chi connectivity index (χ3n) is 2.93. The van der Waals surface area contributed by atoms with Crippen LogP contribution in [0.15, 0.2) is 5.03 Å². The highest BCUT2D eigenvalue weighted by Gasteiger charge is 2.27. The van der Waals surface area contributed by atoms with E-state index in [2.05, 4.69) is 10.2 Å². The lowest BCUT2D eigenvalue weighted by Gasteiger charge is -2.17. The molecule has 0 aliphatic carbocycles. The fraction of sp³-hybridized carbons (Fsp3) is 0.727. The quantitative estimate of drug-likeness (QED) is 0.725. The molecule has 0 atom stereocenters. The monoisotopic (exact) mass is 290 g/mol. The Morgan fingerprint density at radius 2 is 1.89 bits per heavy atom. The standard InChI is InChI=1S/C11H22N4O3S/c1-9-10(8-16)11(13-12-9)19(17,18)15(4)7-5-6-14(2)3/h16H,5-8H2,1-4H3,(H,12,13). The van der Waals surface area contributed by atoms with Crippen LogP contribution < -0.4 is 0 Å². The van der Waals surface area contributed by atoms with Crippen molar-refractivity contribution in [2.24, 2.45) is 0 Å². The predicted octanol–water partition coefficient (Wildman–Crippen LogP) is -0.217. The Hall–Kier alpha value is -0.960. The molecule has 0 saturated heterocycles. The van der Waals surface area contributed by atoms with Gasteiger partial charge in [-0.2, -0.15) is 9.40 Å². The van der Waals surface area contributed by atoms with Gasteiger partial charge in [0.05, 0.1) is 6.61 Å². The predicted molar refractivity (Wildman–Crippen MR) is 72.2 cm³/mol. The van der Waals surface area contributed by atoms with Gasteiger partial charge in [0, 0.05) is 24.8 Å². The highest BCUT2D eigenvalue weighted by molar-refractivity contribution is 7.89. The van der Waals surface area contributed by atoms with E-state index in [0.29, 0.717) is 17.8 Å². The smallest absolute Gasteiger partial charge is 0.262 e. The summed E-state index contributed by atoms with van der Waals surface area (Å²) >= 11 is 0. The highest BCUT2D eigenvalue weighted by atomic mass is 32.2. The van der Waals surface area contributed by atoms with Crippen molar-refractivity contribution >= 4 is 10.0 Å². The molecule has 0 unspecified atom stereocenters. The molecular formula is C11H22N4O3S. The first-order valence-corrected chi connectivity index (χ1v) is 7.50. The lowest BCUT2D eigenvalue weighted by molar-refractivity contribution is 0.277. The fourth-order valence-corrected chi connectivity index (χ4v) is 3.06. The van der Waals surface area contributed by atoms with Crippen LogP contribution in [-0.2, 0) is 16.6 Å². The molecule has 0 saturated carbocycles. The maximum atomic E-state index is 12.3. The van der Waals surface area contributed by atoms with E-state index < -0.39 is 10.0 Å². The Kier molecular flexibility index (Phi) is 5.48. The molecule has 2 N–H and O–H groups in total. The van der Waals surface area contributed by atoms with Crippen molar-refractivity contribution in [2.75, 3.05) is 34.2 Å². The first kappa shape index (κ1) is 16.1. The Bertz CT molecular complexity index is 510. The minimum absolute atomic E-state index is 0.0835. The van der Waals surface area contributed by atoms with E-state index in [1.807, 2.05) is 19.0 Å². The van der Waals surface area contributed by atoms with Gasteiger partial charge in [-0.15, -0.1) is 0 Å². The fourth-order valence-electron chi connectivity index (χ4n) is 1.71. The molecular weight excluding hydrogens is 268 g/mol. The summed E-state index contributed by atoms with van der Waals surface area (Å²) in [6, 6.07) is 0. The first-order valence-electron chi connectivity index (χ1n) is 6.06. The van der Waals surface area contributed by atoms with Gasteiger partial charge >= 0.3 is 0 Å². The summed E-state index contributed by atoms with van der Waals surface area (Å²) in [5, 5.41) is 15.5. The van der Waals surface area contributed by atoms with E-state index in [1.54, 1.807) is 6.92 Å². The summed E-state index contributed by atoms with van der Waals surface area (Å²) in [4.78, 5) is 2.00.